The molecule has 1 atom stereocenters. The van der Waals surface area contributed by atoms with E-state index in [1.165, 1.54) is 18.5 Å². The molecule has 1 unspecified atom stereocenters. The van der Waals surface area contributed by atoms with Crippen LogP contribution in [0.4, 0.5) is 0 Å². The molecule has 2 heterocycles. The summed E-state index contributed by atoms with van der Waals surface area (Å²) in [5.41, 5.74) is 1.21. The highest BCUT2D eigenvalue weighted by atomic mass is 15.5. The van der Waals surface area contributed by atoms with Gasteiger partial charge in [-0.05, 0) is 25.7 Å². The second kappa shape index (κ2) is 4.09. The molecule has 0 amide bonds. The molecule has 2 aliphatic rings. The molecule has 0 spiro atoms. The van der Waals surface area contributed by atoms with Crippen LogP contribution in [0.3, 0.4) is 0 Å². The Bertz CT molecular complexity index is 388. The van der Waals surface area contributed by atoms with Gasteiger partial charge >= 0.3 is 0 Å². The van der Waals surface area contributed by atoms with Gasteiger partial charge < -0.3 is 0 Å². The fourth-order valence-corrected chi connectivity index (χ4v) is 2.44. The van der Waals surface area contributed by atoms with Crippen LogP contribution in [0.5, 0.6) is 0 Å². The lowest BCUT2D eigenvalue weighted by Crippen LogP contribution is -2.53. The summed E-state index contributed by atoms with van der Waals surface area (Å²) in [6.45, 7) is 9.16. The van der Waals surface area contributed by atoms with Gasteiger partial charge in [0, 0.05) is 31.2 Å². The molecule has 1 saturated carbocycles. The van der Waals surface area contributed by atoms with Crippen LogP contribution in [0.15, 0.2) is 6.20 Å². The Balaban J connectivity index is 1.57. The normalized spacial score (nSPS) is 24.0. The number of aromatic nitrogens is 3. The third-order valence-electron chi connectivity index (χ3n) is 4.33. The van der Waals surface area contributed by atoms with Crippen LogP contribution in [0.2, 0.25) is 0 Å². The van der Waals surface area contributed by atoms with Crippen LogP contribution in [0.1, 0.15) is 51.3 Å². The molecule has 94 valence electrons. The first-order valence-corrected chi connectivity index (χ1v) is 6.81. The van der Waals surface area contributed by atoms with Crippen molar-refractivity contribution in [3.8, 4) is 0 Å². The summed E-state index contributed by atoms with van der Waals surface area (Å²) in [5.74, 6) is 1.45. The standard InChI is InChI=1S/C13H22N4/c1-9(2)10(3)16-6-12(7-16)17-8-13(14-15-17)11-4-5-11/h8-12H,4-7H2,1-3H3. The van der Waals surface area contributed by atoms with E-state index in [4.69, 9.17) is 0 Å². The molecule has 1 aliphatic heterocycles. The first-order valence-electron chi connectivity index (χ1n) is 6.81. The van der Waals surface area contributed by atoms with E-state index in [1.807, 2.05) is 0 Å². The van der Waals surface area contributed by atoms with E-state index < -0.39 is 0 Å². The smallest absolute Gasteiger partial charge is 0.0858 e. The van der Waals surface area contributed by atoms with Gasteiger partial charge in [0.05, 0.1) is 11.7 Å². The Kier molecular flexibility index (Phi) is 2.69. The largest absolute Gasteiger partial charge is 0.296 e. The minimum absolute atomic E-state index is 0.552. The predicted octanol–water partition coefficient (Wildman–Crippen LogP) is 2.06. The molecule has 1 aromatic rings. The fraction of sp³-hybridized carbons (Fsp3) is 0.846. The molecule has 4 heteroatoms. The van der Waals surface area contributed by atoms with Crippen LogP contribution < -0.4 is 0 Å². The molecular weight excluding hydrogens is 212 g/mol. The number of rotatable bonds is 4. The lowest BCUT2D eigenvalue weighted by molar-refractivity contribution is 0.0399. The van der Waals surface area contributed by atoms with Gasteiger partial charge in [0.2, 0.25) is 0 Å². The Hall–Kier alpha value is -0.900. The summed E-state index contributed by atoms with van der Waals surface area (Å²) in [6, 6.07) is 1.23. The maximum Gasteiger partial charge on any atom is 0.0858 e. The summed E-state index contributed by atoms with van der Waals surface area (Å²) in [7, 11) is 0. The summed E-state index contributed by atoms with van der Waals surface area (Å²) in [6.07, 6.45) is 4.78. The zero-order valence-electron chi connectivity index (χ0n) is 11.0. The second-order valence-electron chi connectivity index (χ2n) is 5.99. The highest BCUT2D eigenvalue weighted by Crippen LogP contribution is 2.39. The van der Waals surface area contributed by atoms with Crippen molar-refractivity contribution in [3.63, 3.8) is 0 Å². The van der Waals surface area contributed by atoms with Crippen molar-refractivity contribution in [3.05, 3.63) is 11.9 Å². The summed E-state index contributed by atoms with van der Waals surface area (Å²) >= 11 is 0. The van der Waals surface area contributed by atoms with E-state index in [0.717, 1.165) is 24.9 Å². The Morgan fingerprint density at radius 1 is 1.24 bits per heavy atom. The van der Waals surface area contributed by atoms with Crippen LogP contribution in [0, 0.1) is 5.92 Å². The van der Waals surface area contributed by atoms with Gasteiger partial charge in [-0.15, -0.1) is 5.10 Å². The van der Waals surface area contributed by atoms with Crippen LogP contribution in [0.25, 0.3) is 0 Å². The molecule has 0 aromatic carbocycles. The second-order valence-corrected chi connectivity index (χ2v) is 5.99. The minimum atomic E-state index is 0.552. The van der Waals surface area contributed by atoms with E-state index in [0.29, 0.717) is 12.1 Å². The average molecular weight is 234 g/mol. The van der Waals surface area contributed by atoms with Gasteiger partial charge in [-0.2, -0.15) is 0 Å². The lowest BCUT2D eigenvalue weighted by Gasteiger charge is -2.44. The van der Waals surface area contributed by atoms with Crippen molar-refractivity contribution in [2.45, 2.75) is 51.6 Å². The van der Waals surface area contributed by atoms with Crippen LogP contribution in [-0.2, 0) is 0 Å². The number of hydrogen-bond acceptors (Lipinski definition) is 3. The molecule has 0 N–H and O–H groups in total. The van der Waals surface area contributed by atoms with Crippen molar-refractivity contribution in [2.75, 3.05) is 13.1 Å². The third kappa shape index (κ3) is 2.10. The topological polar surface area (TPSA) is 34.0 Å². The molecule has 4 nitrogen and oxygen atoms in total. The van der Waals surface area contributed by atoms with Crippen molar-refractivity contribution >= 4 is 0 Å². The quantitative estimate of drug-likeness (QED) is 0.799. The molecule has 1 aromatic heterocycles. The van der Waals surface area contributed by atoms with Crippen molar-refractivity contribution in [1.29, 1.82) is 0 Å². The Morgan fingerprint density at radius 3 is 2.53 bits per heavy atom. The maximum absolute atomic E-state index is 4.28. The SMILES string of the molecule is CC(C)C(C)N1CC(n2cc(C3CC3)nn2)C1. The summed E-state index contributed by atoms with van der Waals surface area (Å²) in [5, 5.41) is 8.56. The van der Waals surface area contributed by atoms with Crippen LogP contribution >= 0.6 is 0 Å². The van der Waals surface area contributed by atoms with E-state index in [9.17, 15) is 0 Å². The minimum Gasteiger partial charge on any atom is -0.296 e. The van der Waals surface area contributed by atoms with E-state index in [2.05, 4.69) is 46.9 Å². The number of likely N-dealkylation sites (tertiary alicyclic amines) is 1. The lowest BCUT2D eigenvalue weighted by atomic mass is 9.98. The molecule has 1 aliphatic carbocycles. The van der Waals surface area contributed by atoms with Crippen molar-refractivity contribution in [2.24, 2.45) is 5.92 Å². The monoisotopic (exact) mass is 234 g/mol. The Labute approximate surface area is 103 Å². The third-order valence-corrected chi connectivity index (χ3v) is 4.33. The average Bonchev–Trinajstić information content (AvgIpc) is 2.97. The fourth-order valence-electron chi connectivity index (χ4n) is 2.44. The summed E-state index contributed by atoms with van der Waals surface area (Å²) in [4.78, 5) is 2.54. The molecule has 2 fully saturated rings. The van der Waals surface area contributed by atoms with Gasteiger partial charge in [-0.3, -0.25) is 4.90 Å². The molecule has 1 saturated heterocycles. The van der Waals surface area contributed by atoms with Gasteiger partial charge in [-0.25, -0.2) is 4.68 Å². The maximum atomic E-state index is 4.28. The molecule has 3 rings (SSSR count). The van der Waals surface area contributed by atoms with Gasteiger partial charge in [0.15, 0.2) is 0 Å². The molecule has 0 bridgehead atoms. The highest BCUT2D eigenvalue weighted by Gasteiger charge is 2.34. The van der Waals surface area contributed by atoms with Gasteiger partial charge in [0.25, 0.3) is 0 Å². The van der Waals surface area contributed by atoms with E-state index in [-0.39, 0.29) is 0 Å². The zero-order chi connectivity index (χ0) is 12.0. The van der Waals surface area contributed by atoms with Crippen molar-refractivity contribution in [1.82, 2.24) is 19.9 Å². The zero-order valence-corrected chi connectivity index (χ0v) is 11.0. The highest BCUT2D eigenvalue weighted by molar-refractivity contribution is 5.10. The molecule has 17 heavy (non-hydrogen) atoms. The number of hydrogen-bond donors (Lipinski definition) is 0. The number of nitrogens with zero attached hydrogens (tertiary/aromatic N) is 4. The first kappa shape index (κ1) is 11.2. The van der Waals surface area contributed by atoms with E-state index >= 15 is 0 Å². The van der Waals surface area contributed by atoms with Gasteiger partial charge in [0.1, 0.15) is 0 Å². The first-order chi connectivity index (χ1) is 8.15. The predicted molar refractivity (Wildman–Crippen MR) is 66.9 cm³/mol. The molecular formula is C13H22N4. The van der Waals surface area contributed by atoms with Gasteiger partial charge in [-0.1, -0.05) is 19.1 Å². The van der Waals surface area contributed by atoms with E-state index in [1.54, 1.807) is 0 Å². The van der Waals surface area contributed by atoms with Crippen molar-refractivity contribution < 1.29 is 0 Å². The molecule has 0 radical (unpaired) electrons. The Morgan fingerprint density at radius 2 is 1.94 bits per heavy atom. The van der Waals surface area contributed by atoms with Crippen LogP contribution in [-0.4, -0.2) is 39.0 Å². The summed E-state index contributed by atoms with van der Waals surface area (Å²) < 4.78 is 2.08.